The van der Waals surface area contributed by atoms with E-state index in [0.29, 0.717) is 0 Å². The van der Waals surface area contributed by atoms with Crippen LogP contribution in [0.3, 0.4) is 0 Å². The summed E-state index contributed by atoms with van der Waals surface area (Å²) in [5.74, 6) is 0. The molecule has 0 atom stereocenters. The largest absolute Gasteiger partial charge is 0.244 e. The van der Waals surface area contributed by atoms with E-state index in [9.17, 15) is 0 Å². The van der Waals surface area contributed by atoms with Crippen LogP contribution in [-0.2, 0) is 13.1 Å². The van der Waals surface area contributed by atoms with E-state index in [4.69, 9.17) is 15.3 Å². The number of benzene rings is 1. The minimum Gasteiger partial charge on any atom is -0.244 e. The van der Waals surface area contributed by atoms with Crippen LogP contribution in [0.1, 0.15) is 65.2 Å². The zero-order valence-electron chi connectivity index (χ0n) is 20.0. The van der Waals surface area contributed by atoms with E-state index >= 15 is 0 Å². The Morgan fingerprint density at radius 1 is 0.706 bits per heavy atom. The summed E-state index contributed by atoms with van der Waals surface area (Å²) < 4.78 is 2.11. The van der Waals surface area contributed by atoms with Gasteiger partial charge in [0, 0.05) is 21.9 Å². The molecule has 0 unspecified atom stereocenters. The Kier molecular flexibility index (Phi) is 7.35. The molecule has 178 valence electrons. The number of rotatable bonds is 12. The van der Waals surface area contributed by atoms with Crippen LogP contribution < -0.4 is 0 Å². The topological polar surface area (TPSA) is 61.4 Å². The zero-order valence-corrected chi connectivity index (χ0v) is 21.7. The Hall–Kier alpha value is -2.58. The van der Waals surface area contributed by atoms with Gasteiger partial charge >= 0.3 is 0 Å². The fraction of sp³-hybridized carbons (Fsp3) is 0.462. The molecule has 0 saturated carbocycles. The number of aromatic nitrogens is 6. The highest BCUT2D eigenvalue weighted by Crippen LogP contribution is 2.43. The van der Waals surface area contributed by atoms with Crippen molar-refractivity contribution in [2.24, 2.45) is 0 Å². The van der Waals surface area contributed by atoms with Crippen LogP contribution in [0, 0.1) is 0 Å². The third-order valence-electron chi connectivity index (χ3n) is 6.31. The van der Waals surface area contributed by atoms with E-state index in [1.165, 1.54) is 48.3 Å². The Labute approximate surface area is 208 Å². The molecular formula is C26H32N6S2. The number of fused-ring (bicyclic) bond motifs is 2. The Morgan fingerprint density at radius 2 is 1.32 bits per heavy atom. The second-order valence-electron chi connectivity index (χ2n) is 8.83. The van der Waals surface area contributed by atoms with E-state index in [1.54, 1.807) is 22.7 Å². The molecule has 4 aromatic heterocycles. The molecule has 34 heavy (non-hydrogen) atoms. The van der Waals surface area contributed by atoms with E-state index in [2.05, 4.69) is 58.8 Å². The Balaban J connectivity index is 1.70. The van der Waals surface area contributed by atoms with Crippen LogP contribution in [0.4, 0.5) is 0 Å². The second-order valence-corrected chi connectivity index (χ2v) is 10.7. The SMILES string of the molecule is CCCCCCn1nc2c(-c3cccs3)c3nnn(CCCCCC)c3c(-c3cccs3)c2n1. The Bertz CT molecular complexity index is 1330. The molecule has 5 aromatic rings. The van der Waals surface area contributed by atoms with Crippen molar-refractivity contribution in [3.63, 3.8) is 0 Å². The molecule has 0 aliphatic carbocycles. The van der Waals surface area contributed by atoms with Gasteiger partial charge in [-0.15, -0.1) is 27.8 Å². The molecule has 0 aliphatic heterocycles. The lowest BCUT2D eigenvalue weighted by molar-refractivity contribution is 0.495. The maximum Gasteiger partial charge on any atom is 0.124 e. The van der Waals surface area contributed by atoms with Gasteiger partial charge in [0.1, 0.15) is 22.1 Å². The molecule has 0 aliphatic rings. The fourth-order valence-corrected chi connectivity index (χ4v) is 6.12. The Morgan fingerprint density at radius 3 is 1.94 bits per heavy atom. The average molecular weight is 493 g/mol. The van der Waals surface area contributed by atoms with Crippen molar-refractivity contribution >= 4 is 44.7 Å². The third kappa shape index (κ3) is 4.53. The first kappa shape index (κ1) is 23.2. The number of nitrogens with zero attached hydrogens (tertiary/aromatic N) is 6. The van der Waals surface area contributed by atoms with Crippen molar-refractivity contribution in [1.29, 1.82) is 0 Å². The highest BCUT2D eigenvalue weighted by atomic mass is 32.1. The van der Waals surface area contributed by atoms with Gasteiger partial charge in [-0.2, -0.15) is 15.0 Å². The zero-order chi connectivity index (χ0) is 23.3. The summed E-state index contributed by atoms with van der Waals surface area (Å²) in [6.07, 6.45) is 9.58. The van der Waals surface area contributed by atoms with E-state index in [0.717, 1.165) is 59.1 Å². The van der Waals surface area contributed by atoms with Gasteiger partial charge in [-0.05, 0) is 35.7 Å². The molecule has 8 heteroatoms. The smallest absolute Gasteiger partial charge is 0.124 e. The number of hydrogen-bond acceptors (Lipinski definition) is 6. The van der Waals surface area contributed by atoms with Crippen LogP contribution in [0.5, 0.6) is 0 Å². The van der Waals surface area contributed by atoms with Crippen LogP contribution in [0.2, 0.25) is 0 Å². The first-order valence-corrected chi connectivity index (χ1v) is 14.3. The van der Waals surface area contributed by atoms with Crippen molar-refractivity contribution in [2.45, 2.75) is 78.3 Å². The summed E-state index contributed by atoms with van der Waals surface area (Å²) in [4.78, 5) is 4.28. The van der Waals surface area contributed by atoms with Gasteiger partial charge in [-0.25, -0.2) is 4.68 Å². The molecule has 0 spiro atoms. The average Bonchev–Trinajstić information content (AvgIpc) is 3.65. The van der Waals surface area contributed by atoms with Crippen molar-refractivity contribution in [3.05, 3.63) is 35.0 Å². The summed E-state index contributed by atoms with van der Waals surface area (Å²) in [5, 5.41) is 23.7. The molecular weight excluding hydrogens is 460 g/mol. The summed E-state index contributed by atoms with van der Waals surface area (Å²) >= 11 is 3.47. The van der Waals surface area contributed by atoms with Crippen molar-refractivity contribution in [2.75, 3.05) is 0 Å². The highest BCUT2D eigenvalue weighted by molar-refractivity contribution is 7.14. The van der Waals surface area contributed by atoms with Gasteiger partial charge < -0.3 is 0 Å². The van der Waals surface area contributed by atoms with E-state index in [1.807, 2.05) is 4.80 Å². The minimum absolute atomic E-state index is 0.843. The number of aryl methyl sites for hydroxylation is 2. The molecule has 0 fully saturated rings. The van der Waals surface area contributed by atoms with Crippen LogP contribution >= 0.6 is 22.7 Å². The van der Waals surface area contributed by atoms with Crippen molar-refractivity contribution in [3.8, 4) is 20.9 Å². The second kappa shape index (κ2) is 10.8. The summed E-state index contributed by atoms with van der Waals surface area (Å²) in [6.45, 7) is 6.20. The quantitative estimate of drug-likeness (QED) is 0.167. The minimum atomic E-state index is 0.843. The number of thiophene rings is 2. The summed E-state index contributed by atoms with van der Waals surface area (Å²) in [7, 11) is 0. The lowest BCUT2D eigenvalue weighted by Gasteiger charge is -2.09. The molecule has 1 aromatic carbocycles. The first-order chi connectivity index (χ1) is 16.8. The number of hydrogen-bond donors (Lipinski definition) is 0. The van der Waals surface area contributed by atoms with E-state index < -0.39 is 0 Å². The fourth-order valence-electron chi connectivity index (χ4n) is 4.57. The maximum atomic E-state index is 5.07. The molecule has 0 amide bonds. The molecule has 0 bridgehead atoms. The van der Waals surface area contributed by atoms with Gasteiger partial charge in [0.25, 0.3) is 0 Å². The standard InChI is InChI=1S/C26H32N6S2/c1-3-5-7-9-15-31-26-22(20-14-12-18-34-20)24-23(28-32(29-24)16-10-8-6-4-2)21(25(26)27-30-31)19-13-11-17-33-19/h11-14,17-18H,3-10,15-16H2,1-2H3. The summed E-state index contributed by atoms with van der Waals surface area (Å²) in [6, 6.07) is 8.53. The predicted molar refractivity (Wildman–Crippen MR) is 144 cm³/mol. The molecule has 6 nitrogen and oxygen atoms in total. The van der Waals surface area contributed by atoms with Gasteiger partial charge in [0.15, 0.2) is 0 Å². The lowest BCUT2D eigenvalue weighted by Crippen LogP contribution is -2.02. The van der Waals surface area contributed by atoms with Crippen molar-refractivity contribution < 1.29 is 0 Å². The van der Waals surface area contributed by atoms with E-state index in [-0.39, 0.29) is 0 Å². The molecule has 4 heterocycles. The normalized spacial score (nSPS) is 11.8. The van der Waals surface area contributed by atoms with Gasteiger partial charge in [-0.1, -0.05) is 69.7 Å². The monoisotopic (exact) mass is 492 g/mol. The number of unbranched alkanes of at least 4 members (excludes halogenated alkanes) is 6. The highest BCUT2D eigenvalue weighted by Gasteiger charge is 2.26. The van der Waals surface area contributed by atoms with Crippen molar-refractivity contribution in [1.82, 2.24) is 30.0 Å². The van der Waals surface area contributed by atoms with Gasteiger partial charge in [0.2, 0.25) is 0 Å². The molecule has 0 N–H and O–H groups in total. The summed E-state index contributed by atoms with van der Waals surface area (Å²) in [5.41, 5.74) is 6.12. The van der Waals surface area contributed by atoms with Crippen LogP contribution in [0.15, 0.2) is 35.0 Å². The predicted octanol–water partition coefficient (Wildman–Crippen LogP) is 7.79. The molecule has 0 radical (unpaired) electrons. The van der Waals surface area contributed by atoms with Gasteiger partial charge in [0.05, 0.1) is 12.1 Å². The van der Waals surface area contributed by atoms with Gasteiger partial charge in [-0.3, -0.25) is 0 Å². The third-order valence-corrected chi connectivity index (χ3v) is 8.08. The lowest BCUT2D eigenvalue weighted by atomic mass is 10.0. The maximum absolute atomic E-state index is 5.07. The van der Waals surface area contributed by atoms with Crippen LogP contribution in [-0.4, -0.2) is 30.0 Å². The first-order valence-electron chi connectivity index (χ1n) is 12.5. The molecule has 5 rings (SSSR count). The van der Waals surface area contributed by atoms with Crippen LogP contribution in [0.25, 0.3) is 42.9 Å². The molecule has 0 saturated heterocycles.